The van der Waals surface area contributed by atoms with E-state index in [1.807, 2.05) is 0 Å². The Morgan fingerprint density at radius 2 is 1.94 bits per heavy atom. The third-order valence-corrected chi connectivity index (χ3v) is 5.24. The van der Waals surface area contributed by atoms with E-state index in [2.05, 4.69) is 5.32 Å². The van der Waals surface area contributed by atoms with E-state index in [0.717, 1.165) is 0 Å². The Balaban J connectivity index is 1.95. The normalized spacial score (nSPS) is 28.3. The molecule has 0 spiro atoms. The smallest absolute Gasteiger partial charge is 0.329 e. The number of methoxy groups -OCH3 is 1. The number of carboxylic acid groups (broad SMARTS) is 1. The lowest BCUT2D eigenvalue weighted by Gasteiger charge is -2.50. The number of benzene rings is 1. The second-order valence-corrected chi connectivity index (χ2v) is 8.27. The molecule has 1 aromatic rings. The number of rotatable bonds is 8. The van der Waals surface area contributed by atoms with Crippen molar-refractivity contribution in [2.24, 2.45) is 0 Å². The van der Waals surface area contributed by atoms with Crippen LogP contribution < -0.4 is 14.8 Å². The summed E-state index contributed by atoms with van der Waals surface area (Å²) < 4.78 is 34.8. The molecule has 2 saturated heterocycles. The number of ether oxygens (including phenoxy) is 6. The Labute approximate surface area is 191 Å². The highest BCUT2D eigenvalue weighted by Gasteiger charge is 2.53. The Morgan fingerprint density at radius 1 is 1.21 bits per heavy atom. The van der Waals surface area contributed by atoms with E-state index in [-0.39, 0.29) is 23.9 Å². The predicted molar refractivity (Wildman–Crippen MR) is 112 cm³/mol. The maximum Gasteiger partial charge on any atom is 0.329 e. The molecule has 182 valence electrons. The SMILES string of the molecule is COc1cc(C(C)=O)ccc1OC1OC2COC(C)(C)OC2C(OCC(=O)O)C1NC(C)=O. The van der Waals surface area contributed by atoms with Crippen LogP contribution in [0.1, 0.15) is 38.1 Å². The average molecular weight is 467 g/mol. The largest absolute Gasteiger partial charge is 0.493 e. The minimum Gasteiger partial charge on any atom is -0.493 e. The molecule has 11 nitrogen and oxygen atoms in total. The number of amides is 1. The van der Waals surface area contributed by atoms with E-state index in [0.29, 0.717) is 5.56 Å². The van der Waals surface area contributed by atoms with Gasteiger partial charge < -0.3 is 38.8 Å². The van der Waals surface area contributed by atoms with E-state index in [4.69, 9.17) is 33.5 Å². The summed E-state index contributed by atoms with van der Waals surface area (Å²) in [6.45, 7) is 5.70. The van der Waals surface area contributed by atoms with E-state index >= 15 is 0 Å². The number of carbonyl (C=O) groups is 3. The zero-order valence-electron chi connectivity index (χ0n) is 19.2. The first kappa shape index (κ1) is 24.9. The Bertz CT molecular complexity index is 901. The van der Waals surface area contributed by atoms with Gasteiger partial charge in [-0.15, -0.1) is 0 Å². The molecule has 3 rings (SSSR count). The lowest BCUT2D eigenvalue weighted by molar-refractivity contribution is -0.364. The number of aliphatic carboxylic acids is 1. The molecule has 0 aliphatic carbocycles. The van der Waals surface area contributed by atoms with Gasteiger partial charge in [0, 0.05) is 12.5 Å². The maximum atomic E-state index is 12.0. The third-order valence-electron chi connectivity index (χ3n) is 5.24. The number of Topliss-reactive ketones (excluding diaryl/α,β-unsaturated/α-hetero) is 1. The minimum atomic E-state index is -1.18. The molecule has 1 aromatic carbocycles. The molecule has 2 aliphatic heterocycles. The van der Waals surface area contributed by atoms with Gasteiger partial charge in [-0.25, -0.2) is 4.79 Å². The van der Waals surface area contributed by atoms with Crippen molar-refractivity contribution in [1.29, 1.82) is 0 Å². The van der Waals surface area contributed by atoms with Crippen LogP contribution in [-0.4, -0.2) is 79.5 Å². The van der Waals surface area contributed by atoms with Crippen molar-refractivity contribution in [3.63, 3.8) is 0 Å². The van der Waals surface area contributed by atoms with Crippen molar-refractivity contribution in [3.8, 4) is 11.5 Å². The van der Waals surface area contributed by atoms with Crippen LogP contribution in [0.4, 0.5) is 0 Å². The molecule has 1 amide bonds. The molecule has 0 bridgehead atoms. The van der Waals surface area contributed by atoms with Gasteiger partial charge in [0.2, 0.25) is 12.2 Å². The summed E-state index contributed by atoms with van der Waals surface area (Å²) in [6, 6.07) is 3.74. The van der Waals surface area contributed by atoms with Crippen LogP contribution in [0.25, 0.3) is 0 Å². The highest BCUT2D eigenvalue weighted by Crippen LogP contribution is 2.36. The van der Waals surface area contributed by atoms with Crippen LogP contribution in [0.15, 0.2) is 18.2 Å². The van der Waals surface area contributed by atoms with E-state index in [1.165, 1.54) is 27.0 Å². The molecule has 0 radical (unpaired) electrons. The molecule has 5 unspecified atom stereocenters. The third kappa shape index (κ3) is 5.99. The number of hydrogen-bond donors (Lipinski definition) is 2. The quantitative estimate of drug-likeness (QED) is 0.535. The fourth-order valence-electron chi connectivity index (χ4n) is 3.79. The van der Waals surface area contributed by atoms with Crippen LogP contribution in [-0.2, 0) is 28.5 Å². The lowest BCUT2D eigenvalue weighted by Crippen LogP contribution is -2.69. The van der Waals surface area contributed by atoms with Crippen molar-refractivity contribution in [2.75, 3.05) is 20.3 Å². The molecular weight excluding hydrogens is 438 g/mol. The monoisotopic (exact) mass is 467 g/mol. The van der Waals surface area contributed by atoms with Crippen molar-refractivity contribution < 1.29 is 47.9 Å². The van der Waals surface area contributed by atoms with Crippen molar-refractivity contribution in [3.05, 3.63) is 23.8 Å². The summed E-state index contributed by atoms with van der Waals surface area (Å²) >= 11 is 0. The number of ketones is 1. The molecule has 2 heterocycles. The average Bonchev–Trinajstić information content (AvgIpc) is 2.73. The van der Waals surface area contributed by atoms with Crippen LogP contribution >= 0.6 is 0 Å². The van der Waals surface area contributed by atoms with Crippen LogP contribution in [0.2, 0.25) is 0 Å². The van der Waals surface area contributed by atoms with Crippen molar-refractivity contribution in [1.82, 2.24) is 5.32 Å². The number of hydrogen-bond acceptors (Lipinski definition) is 9. The Morgan fingerprint density at radius 3 is 2.55 bits per heavy atom. The molecule has 2 aliphatic rings. The van der Waals surface area contributed by atoms with Gasteiger partial charge in [-0.3, -0.25) is 9.59 Å². The van der Waals surface area contributed by atoms with Crippen molar-refractivity contribution >= 4 is 17.7 Å². The molecule has 11 heteroatoms. The minimum absolute atomic E-state index is 0.137. The lowest BCUT2D eigenvalue weighted by atomic mass is 9.95. The zero-order valence-corrected chi connectivity index (χ0v) is 19.2. The number of fused-ring (bicyclic) bond motifs is 1. The highest BCUT2D eigenvalue weighted by molar-refractivity contribution is 5.94. The summed E-state index contributed by atoms with van der Waals surface area (Å²) in [5, 5.41) is 11.9. The first-order valence-electron chi connectivity index (χ1n) is 10.4. The van der Waals surface area contributed by atoms with Gasteiger partial charge in [-0.2, -0.15) is 0 Å². The summed E-state index contributed by atoms with van der Waals surface area (Å²) in [4.78, 5) is 34.9. The molecular formula is C22H29NO10. The summed E-state index contributed by atoms with van der Waals surface area (Å²) in [5.41, 5.74) is 0.432. The summed E-state index contributed by atoms with van der Waals surface area (Å²) in [6.07, 6.45) is -3.40. The summed E-state index contributed by atoms with van der Waals surface area (Å²) in [5.74, 6) is -2.13. The molecule has 0 saturated carbocycles. The van der Waals surface area contributed by atoms with Crippen LogP contribution in [0, 0.1) is 0 Å². The molecule has 2 fully saturated rings. The first-order valence-corrected chi connectivity index (χ1v) is 10.4. The highest BCUT2D eigenvalue weighted by atomic mass is 16.8. The zero-order chi connectivity index (χ0) is 24.3. The van der Waals surface area contributed by atoms with Gasteiger partial charge in [-0.1, -0.05) is 0 Å². The van der Waals surface area contributed by atoms with Gasteiger partial charge >= 0.3 is 5.97 Å². The second kappa shape index (κ2) is 10.0. The fraction of sp³-hybridized carbons (Fsp3) is 0.591. The number of nitrogens with one attached hydrogen (secondary N) is 1. The molecule has 0 aromatic heterocycles. The van der Waals surface area contributed by atoms with Gasteiger partial charge in [0.25, 0.3) is 0 Å². The van der Waals surface area contributed by atoms with Gasteiger partial charge in [0.1, 0.15) is 31.0 Å². The Kier molecular flexibility index (Phi) is 7.58. The maximum absolute atomic E-state index is 12.0. The summed E-state index contributed by atoms with van der Waals surface area (Å²) in [7, 11) is 1.43. The fourth-order valence-corrected chi connectivity index (χ4v) is 3.79. The molecule has 2 N–H and O–H groups in total. The van der Waals surface area contributed by atoms with Gasteiger partial charge in [0.05, 0.1) is 13.7 Å². The molecule has 5 atom stereocenters. The van der Waals surface area contributed by atoms with Gasteiger partial charge in [0.15, 0.2) is 23.1 Å². The van der Waals surface area contributed by atoms with E-state index < -0.39 is 54.9 Å². The van der Waals surface area contributed by atoms with Crippen LogP contribution in [0.5, 0.6) is 11.5 Å². The first-order chi connectivity index (χ1) is 15.5. The number of carboxylic acids is 1. The van der Waals surface area contributed by atoms with E-state index in [1.54, 1.807) is 26.0 Å². The standard InChI is InChI=1S/C22H29NO10/c1-11(24)13-6-7-14(15(8-13)28-5)31-21-18(23-12(2)25)20(29-10-17(26)27)19-16(32-21)9-30-22(3,4)33-19/h6-8,16,18-21H,9-10H2,1-5H3,(H,23,25)(H,26,27). The van der Waals surface area contributed by atoms with E-state index in [9.17, 15) is 14.4 Å². The molecule has 33 heavy (non-hydrogen) atoms. The van der Waals surface area contributed by atoms with Crippen molar-refractivity contribution in [2.45, 2.75) is 64.1 Å². The second-order valence-electron chi connectivity index (χ2n) is 8.27. The van der Waals surface area contributed by atoms with Gasteiger partial charge in [-0.05, 0) is 39.0 Å². The topological polar surface area (TPSA) is 139 Å². The Hall–Kier alpha value is -2.73. The number of carbonyl (C=O) groups excluding carboxylic acids is 2. The van der Waals surface area contributed by atoms with Crippen LogP contribution in [0.3, 0.4) is 0 Å². The predicted octanol–water partition coefficient (Wildman–Crippen LogP) is 1.13.